The van der Waals surface area contributed by atoms with Gasteiger partial charge in [-0.05, 0) is 37.4 Å². The first-order valence-electron chi connectivity index (χ1n) is 8.65. The van der Waals surface area contributed by atoms with Crippen LogP contribution < -0.4 is 10.6 Å². The fourth-order valence-corrected chi connectivity index (χ4v) is 3.63. The average Bonchev–Trinajstić information content (AvgIpc) is 3.15. The highest BCUT2D eigenvalue weighted by Gasteiger charge is 2.38. The maximum absolute atomic E-state index is 13.1. The van der Waals surface area contributed by atoms with Crippen LogP contribution in [0.2, 0.25) is 0 Å². The molecule has 0 bridgehead atoms. The molecule has 2 N–H and O–H groups in total. The van der Waals surface area contributed by atoms with E-state index < -0.39 is 17.2 Å². The molecule has 146 valence electrons. The van der Waals surface area contributed by atoms with Crippen molar-refractivity contribution in [2.45, 2.75) is 30.9 Å². The molecule has 2 heterocycles. The van der Waals surface area contributed by atoms with Crippen molar-refractivity contribution in [1.29, 1.82) is 0 Å². The van der Waals surface area contributed by atoms with Gasteiger partial charge in [0.1, 0.15) is 0 Å². The summed E-state index contributed by atoms with van der Waals surface area (Å²) < 4.78 is 44.6. The van der Waals surface area contributed by atoms with Crippen LogP contribution in [0.5, 0.6) is 0 Å². The molecule has 1 aromatic rings. The van der Waals surface area contributed by atoms with Gasteiger partial charge in [-0.25, -0.2) is 0 Å². The minimum Gasteiger partial charge on any atom is -0.381 e. The van der Waals surface area contributed by atoms with Gasteiger partial charge < -0.3 is 15.4 Å². The topological polar surface area (TPSA) is 50.4 Å². The van der Waals surface area contributed by atoms with Crippen LogP contribution in [-0.4, -0.2) is 38.8 Å². The molecule has 2 fully saturated rings. The van der Waals surface area contributed by atoms with Gasteiger partial charge in [-0.1, -0.05) is 18.2 Å². The first-order valence-corrected chi connectivity index (χ1v) is 8.65. The van der Waals surface area contributed by atoms with E-state index in [-0.39, 0.29) is 24.2 Å². The van der Waals surface area contributed by atoms with Crippen molar-refractivity contribution in [2.24, 2.45) is 5.92 Å². The maximum Gasteiger partial charge on any atom is 0.416 e. The highest BCUT2D eigenvalue weighted by molar-refractivity contribution is 5.85. The molecule has 2 aliphatic heterocycles. The van der Waals surface area contributed by atoms with Crippen molar-refractivity contribution in [3.63, 3.8) is 0 Å². The Balaban J connectivity index is 0.00000243. The lowest BCUT2D eigenvalue weighted by Gasteiger charge is -2.38. The van der Waals surface area contributed by atoms with E-state index in [0.717, 1.165) is 19.0 Å². The second-order valence-electron chi connectivity index (χ2n) is 6.88. The van der Waals surface area contributed by atoms with Crippen molar-refractivity contribution in [2.75, 3.05) is 32.8 Å². The third-order valence-corrected chi connectivity index (χ3v) is 5.28. The molecule has 1 unspecified atom stereocenters. The molecular formula is C18H24ClF3N2O2. The summed E-state index contributed by atoms with van der Waals surface area (Å²) in [6.07, 6.45) is -2.39. The van der Waals surface area contributed by atoms with Crippen molar-refractivity contribution >= 4 is 18.3 Å². The summed E-state index contributed by atoms with van der Waals surface area (Å²) in [5.74, 6) is -0.0822. The normalized spacial score (nSPS) is 22.5. The zero-order valence-corrected chi connectivity index (χ0v) is 15.2. The molecule has 2 saturated heterocycles. The van der Waals surface area contributed by atoms with Crippen LogP contribution in [0.1, 0.15) is 30.4 Å². The molecule has 0 radical (unpaired) electrons. The van der Waals surface area contributed by atoms with E-state index in [4.69, 9.17) is 4.74 Å². The van der Waals surface area contributed by atoms with E-state index in [1.54, 1.807) is 6.07 Å². The van der Waals surface area contributed by atoms with E-state index in [0.29, 0.717) is 44.7 Å². The van der Waals surface area contributed by atoms with Crippen molar-refractivity contribution in [3.8, 4) is 0 Å². The Morgan fingerprint density at radius 2 is 2.04 bits per heavy atom. The summed E-state index contributed by atoms with van der Waals surface area (Å²) in [6.45, 7) is 2.79. The number of carbonyl (C=O) groups excluding carboxylic acids is 1. The monoisotopic (exact) mass is 392 g/mol. The standard InChI is InChI=1S/C18H23F3N2O2.ClH/c19-18(20,21)15-3-1-2-14(10-15)17(5-8-25-9-6-17)12-23-16(24)13-4-7-22-11-13;/h1-3,10,13,22H,4-9,11-12H2,(H,23,24);1H. The summed E-state index contributed by atoms with van der Waals surface area (Å²) in [4.78, 5) is 12.3. The summed E-state index contributed by atoms with van der Waals surface area (Å²) in [5, 5.41) is 6.13. The molecule has 0 saturated carbocycles. The third kappa shape index (κ3) is 4.69. The average molecular weight is 393 g/mol. The van der Waals surface area contributed by atoms with Gasteiger partial charge >= 0.3 is 6.18 Å². The van der Waals surface area contributed by atoms with Crippen LogP contribution in [0, 0.1) is 5.92 Å². The van der Waals surface area contributed by atoms with Crippen LogP contribution in [0.15, 0.2) is 24.3 Å². The van der Waals surface area contributed by atoms with Gasteiger partial charge in [0.2, 0.25) is 5.91 Å². The Kier molecular flexibility index (Phi) is 6.93. The number of rotatable bonds is 4. The first kappa shape index (κ1) is 21.0. The zero-order chi connectivity index (χ0) is 17.9. The van der Waals surface area contributed by atoms with E-state index in [9.17, 15) is 18.0 Å². The van der Waals surface area contributed by atoms with Gasteiger partial charge in [-0.15, -0.1) is 12.4 Å². The molecule has 0 aromatic heterocycles. The van der Waals surface area contributed by atoms with Gasteiger partial charge in [0, 0.05) is 31.7 Å². The molecule has 0 spiro atoms. The number of carbonyl (C=O) groups is 1. The van der Waals surface area contributed by atoms with Crippen molar-refractivity contribution in [3.05, 3.63) is 35.4 Å². The van der Waals surface area contributed by atoms with E-state index in [1.807, 2.05) is 0 Å². The number of amides is 1. The minimum absolute atomic E-state index is 0. The maximum atomic E-state index is 13.1. The summed E-state index contributed by atoms with van der Waals surface area (Å²) in [6, 6.07) is 5.47. The number of halogens is 4. The lowest BCUT2D eigenvalue weighted by atomic mass is 9.73. The van der Waals surface area contributed by atoms with Gasteiger partial charge in [0.25, 0.3) is 0 Å². The second kappa shape index (κ2) is 8.59. The van der Waals surface area contributed by atoms with E-state index in [1.165, 1.54) is 12.1 Å². The molecule has 8 heteroatoms. The Bertz CT molecular complexity index is 613. The Morgan fingerprint density at radius 3 is 2.65 bits per heavy atom. The molecule has 1 atom stereocenters. The fourth-order valence-electron chi connectivity index (χ4n) is 3.63. The molecule has 0 aliphatic carbocycles. The molecule has 2 aliphatic rings. The van der Waals surface area contributed by atoms with Crippen molar-refractivity contribution < 1.29 is 22.7 Å². The number of hydrogen-bond donors (Lipinski definition) is 2. The smallest absolute Gasteiger partial charge is 0.381 e. The molecule has 1 amide bonds. The lowest BCUT2D eigenvalue weighted by Crippen LogP contribution is -2.46. The van der Waals surface area contributed by atoms with Crippen LogP contribution in [0.25, 0.3) is 0 Å². The first-order chi connectivity index (χ1) is 11.9. The molecule has 3 rings (SSSR count). The van der Waals surface area contributed by atoms with Crippen LogP contribution >= 0.6 is 12.4 Å². The number of nitrogens with one attached hydrogen (secondary N) is 2. The Morgan fingerprint density at radius 1 is 1.31 bits per heavy atom. The van der Waals surface area contributed by atoms with Gasteiger partial charge in [0.15, 0.2) is 0 Å². The van der Waals surface area contributed by atoms with E-state index >= 15 is 0 Å². The Labute approximate surface area is 157 Å². The number of hydrogen-bond acceptors (Lipinski definition) is 3. The number of ether oxygens (including phenoxy) is 1. The summed E-state index contributed by atoms with van der Waals surface area (Å²) in [5.41, 5.74) is -0.543. The zero-order valence-electron chi connectivity index (χ0n) is 14.4. The van der Waals surface area contributed by atoms with Crippen LogP contribution in [0.4, 0.5) is 13.2 Å². The van der Waals surface area contributed by atoms with Gasteiger partial charge in [-0.3, -0.25) is 4.79 Å². The van der Waals surface area contributed by atoms with Crippen LogP contribution in [0.3, 0.4) is 0 Å². The number of alkyl halides is 3. The quantitative estimate of drug-likeness (QED) is 0.828. The van der Waals surface area contributed by atoms with Gasteiger partial charge in [0.05, 0.1) is 11.5 Å². The van der Waals surface area contributed by atoms with Crippen LogP contribution in [-0.2, 0) is 21.1 Å². The van der Waals surface area contributed by atoms with E-state index in [2.05, 4.69) is 10.6 Å². The highest BCUT2D eigenvalue weighted by Crippen LogP contribution is 2.37. The third-order valence-electron chi connectivity index (χ3n) is 5.28. The summed E-state index contributed by atoms with van der Waals surface area (Å²) >= 11 is 0. The predicted octanol–water partition coefficient (Wildman–Crippen LogP) is 2.90. The fraction of sp³-hybridized carbons (Fsp3) is 0.611. The lowest BCUT2D eigenvalue weighted by molar-refractivity contribution is -0.137. The second-order valence-corrected chi connectivity index (χ2v) is 6.88. The molecular weight excluding hydrogens is 369 g/mol. The van der Waals surface area contributed by atoms with Crippen molar-refractivity contribution in [1.82, 2.24) is 10.6 Å². The highest BCUT2D eigenvalue weighted by atomic mass is 35.5. The largest absolute Gasteiger partial charge is 0.416 e. The predicted molar refractivity (Wildman–Crippen MR) is 94.4 cm³/mol. The minimum atomic E-state index is -4.37. The molecule has 26 heavy (non-hydrogen) atoms. The Hall–Kier alpha value is -1.31. The molecule has 1 aromatic carbocycles. The molecule has 4 nitrogen and oxygen atoms in total. The summed E-state index contributed by atoms with van der Waals surface area (Å²) in [7, 11) is 0. The SMILES string of the molecule is Cl.O=C(NCC1(c2cccc(C(F)(F)F)c2)CCOCC1)C1CCNC1. The number of benzene rings is 1. The van der Waals surface area contributed by atoms with Gasteiger partial charge in [-0.2, -0.15) is 13.2 Å².